The number of rotatable bonds is 6. The summed E-state index contributed by atoms with van der Waals surface area (Å²) in [5.74, 6) is 1.74. The summed E-state index contributed by atoms with van der Waals surface area (Å²) in [4.78, 5) is 27.7. The van der Waals surface area contributed by atoms with Crippen LogP contribution in [0.15, 0.2) is 12.3 Å². The van der Waals surface area contributed by atoms with E-state index in [9.17, 15) is 4.79 Å². The first-order chi connectivity index (χ1) is 13.3. The van der Waals surface area contributed by atoms with Crippen LogP contribution >= 0.6 is 11.6 Å². The normalized spacial score (nSPS) is 16.3. The molecule has 0 saturated carbocycles. The highest BCUT2D eigenvalue weighted by Crippen LogP contribution is 2.36. The van der Waals surface area contributed by atoms with Crippen LogP contribution in [0.25, 0.3) is 0 Å². The molecule has 0 aromatic carbocycles. The van der Waals surface area contributed by atoms with Crippen LogP contribution in [0.4, 0.5) is 11.8 Å². The van der Waals surface area contributed by atoms with Crippen LogP contribution in [-0.2, 0) is 6.54 Å². The molecule has 0 spiro atoms. The van der Waals surface area contributed by atoms with Crippen molar-refractivity contribution in [3.05, 3.63) is 28.7 Å². The molecule has 3 rings (SSSR count). The number of hydrogen-bond donors (Lipinski definition) is 1. The quantitative estimate of drug-likeness (QED) is 0.731. The van der Waals surface area contributed by atoms with Crippen LogP contribution in [0.1, 0.15) is 36.3 Å². The van der Waals surface area contributed by atoms with E-state index in [2.05, 4.69) is 28.8 Å². The number of ether oxygens (including phenoxy) is 2. The van der Waals surface area contributed by atoms with Crippen molar-refractivity contribution in [1.82, 2.24) is 15.0 Å². The highest BCUT2D eigenvalue weighted by molar-refractivity contribution is 6.34. The van der Waals surface area contributed by atoms with Gasteiger partial charge in [0.2, 0.25) is 5.95 Å². The molecule has 8 nitrogen and oxygen atoms in total. The molecule has 9 heteroatoms. The molecular formula is C19H24ClN5O3. The van der Waals surface area contributed by atoms with Crippen molar-refractivity contribution in [3.63, 3.8) is 0 Å². The predicted molar refractivity (Wildman–Crippen MR) is 107 cm³/mol. The lowest BCUT2D eigenvalue weighted by Crippen LogP contribution is -2.40. The van der Waals surface area contributed by atoms with Crippen molar-refractivity contribution in [3.8, 4) is 11.5 Å². The topological polar surface area (TPSA) is 103 Å². The second-order valence-electron chi connectivity index (χ2n) is 7.17. The minimum Gasteiger partial charge on any atom is -0.493 e. The van der Waals surface area contributed by atoms with E-state index in [1.807, 2.05) is 4.90 Å². The lowest BCUT2D eigenvalue weighted by atomic mass is 9.87. The highest BCUT2D eigenvalue weighted by atomic mass is 35.5. The van der Waals surface area contributed by atoms with Gasteiger partial charge in [0.1, 0.15) is 11.0 Å². The van der Waals surface area contributed by atoms with Crippen LogP contribution in [0.5, 0.6) is 11.5 Å². The lowest BCUT2D eigenvalue weighted by molar-refractivity contribution is 0.0897. The summed E-state index contributed by atoms with van der Waals surface area (Å²) in [5.41, 5.74) is 6.86. The fraction of sp³-hybridized carbons (Fsp3) is 0.474. The number of hydrogen-bond acceptors (Lipinski definition) is 8. The van der Waals surface area contributed by atoms with Gasteiger partial charge in [-0.15, -0.1) is 0 Å². The zero-order chi connectivity index (χ0) is 20.4. The Balaban J connectivity index is 2.00. The smallest absolute Gasteiger partial charge is 0.223 e. The van der Waals surface area contributed by atoms with Gasteiger partial charge in [-0.25, -0.2) is 4.98 Å². The third-order valence-electron chi connectivity index (χ3n) is 4.66. The molecule has 28 heavy (non-hydrogen) atoms. The summed E-state index contributed by atoms with van der Waals surface area (Å²) in [6.45, 7) is 5.10. The van der Waals surface area contributed by atoms with Crippen LogP contribution in [0, 0.1) is 11.8 Å². The standard InChI is InChI=1S/C19H24ClN5O3/c1-10(2)5-11-8-25(9-12-6-13(27-3)14(28-4)7-22-12)18-15(16(11)26)17(20)23-19(21)24-18/h6-7,10-11H,5,8-9H2,1-4H3,(H2,21,23,24). The van der Waals surface area contributed by atoms with Crippen molar-refractivity contribution in [2.24, 2.45) is 11.8 Å². The summed E-state index contributed by atoms with van der Waals surface area (Å²) >= 11 is 6.27. The zero-order valence-electron chi connectivity index (χ0n) is 16.4. The number of pyridine rings is 1. The van der Waals surface area contributed by atoms with E-state index in [4.69, 9.17) is 26.8 Å². The number of nitrogen functional groups attached to an aromatic ring is 1. The summed E-state index contributed by atoms with van der Waals surface area (Å²) in [6, 6.07) is 1.80. The molecule has 1 aliphatic rings. The van der Waals surface area contributed by atoms with E-state index < -0.39 is 0 Å². The van der Waals surface area contributed by atoms with Crippen LogP contribution in [0.3, 0.4) is 0 Å². The number of halogens is 1. The molecule has 0 radical (unpaired) electrons. The van der Waals surface area contributed by atoms with Crippen molar-refractivity contribution in [2.45, 2.75) is 26.8 Å². The van der Waals surface area contributed by atoms with Gasteiger partial charge in [-0.3, -0.25) is 9.78 Å². The van der Waals surface area contributed by atoms with Crippen LogP contribution < -0.4 is 20.1 Å². The summed E-state index contributed by atoms with van der Waals surface area (Å²) in [5, 5.41) is 0.0891. The minimum absolute atomic E-state index is 0.0316. The molecule has 2 N–H and O–H groups in total. The molecule has 0 bridgehead atoms. The molecule has 2 aromatic rings. The monoisotopic (exact) mass is 405 g/mol. The molecular weight excluding hydrogens is 382 g/mol. The largest absolute Gasteiger partial charge is 0.493 e. The predicted octanol–water partition coefficient (Wildman–Crippen LogP) is 2.99. The number of aromatic nitrogens is 3. The Morgan fingerprint density at radius 2 is 2.00 bits per heavy atom. The minimum atomic E-state index is -0.197. The maximum Gasteiger partial charge on any atom is 0.223 e. The molecule has 1 atom stereocenters. The third kappa shape index (κ3) is 3.96. The molecule has 0 fully saturated rings. The van der Waals surface area contributed by atoms with Gasteiger partial charge in [-0.1, -0.05) is 25.4 Å². The lowest BCUT2D eigenvalue weighted by Gasteiger charge is -2.34. The molecule has 0 amide bonds. The number of carbonyl (C=O) groups excluding carboxylic acids is 1. The molecule has 0 aliphatic carbocycles. The summed E-state index contributed by atoms with van der Waals surface area (Å²) in [6.07, 6.45) is 2.35. The Morgan fingerprint density at radius 3 is 2.64 bits per heavy atom. The zero-order valence-corrected chi connectivity index (χ0v) is 17.2. The number of fused-ring (bicyclic) bond motifs is 1. The van der Waals surface area contributed by atoms with E-state index in [0.717, 1.165) is 12.1 Å². The maximum atomic E-state index is 13.0. The van der Waals surface area contributed by atoms with E-state index >= 15 is 0 Å². The number of ketones is 1. The maximum absolute atomic E-state index is 13.0. The fourth-order valence-electron chi connectivity index (χ4n) is 3.47. The fourth-order valence-corrected chi connectivity index (χ4v) is 3.73. The van der Waals surface area contributed by atoms with E-state index in [1.165, 1.54) is 0 Å². The van der Waals surface area contributed by atoms with Gasteiger partial charge in [0.15, 0.2) is 17.3 Å². The van der Waals surface area contributed by atoms with Gasteiger partial charge < -0.3 is 20.1 Å². The Morgan fingerprint density at radius 1 is 1.29 bits per heavy atom. The molecule has 2 aromatic heterocycles. The van der Waals surface area contributed by atoms with Gasteiger partial charge in [0.25, 0.3) is 0 Å². The second-order valence-corrected chi connectivity index (χ2v) is 7.53. The molecule has 0 saturated heterocycles. The Bertz CT molecular complexity index is 890. The average Bonchev–Trinajstić information content (AvgIpc) is 2.64. The Hall–Kier alpha value is -2.61. The van der Waals surface area contributed by atoms with Gasteiger partial charge in [-0.2, -0.15) is 4.98 Å². The summed E-state index contributed by atoms with van der Waals surface area (Å²) < 4.78 is 10.6. The third-order valence-corrected chi connectivity index (χ3v) is 4.93. The van der Waals surface area contributed by atoms with Gasteiger partial charge in [-0.05, 0) is 12.3 Å². The average molecular weight is 406 g/mol. The Labute approximate surface area is 169 Å². The van der Waals surface area contributed by atoms with Crippen LogP contribution in [0.2, 0.25) is 5.15 Å². The van der Waals surface area contributed by atoms with Gasteiger partial charge in [0.05, 0.1) is 38.2 Å². The first-order valence-corrected chi connectivity index (χ1v) is 9.40. The van der Waals surface area contributed by atoms with Crippen molar-refractivity contribution < 1.29 is 14.3 Å². The highest BCUT2D eigenvalue weighted by Gasteiger charge is 2.36. The van der Waals surface area contributed by atoms with Gasteiger partial charge in [0, 0.05) is 18.5 Å². The molecule has 1 aliphatic heterocycles. The van der Waals surface area contributed by atoms with Crippen molar-refractivity contribution >= 4 is 29.2 Å². The first-order valence-electron chi connectivity index (χ1n) is 9.03. The first kappa shape index (κ1) is 20.1. The number of anilines is 2. The van der Waals surface area contributed by atoms with Crippen molar-refractivity contribution in [2.75, 3.05) is 31.4 Å². The molecule has 3 heterocycles. The second kappa shape index (κ2) is 8.18. The molecule has 1 unspecified atom stereocenters. The number of methoxy groups -OCH3 is 2. The van der Waals surface area contributed by atoms with E-state index in [0.29, 0.717) is 41.9 Å². The van der Waals surface area contributed by atoms with Gasteiger partial charge >= 0.3 is 0 Å². The molecule has 150 valence electrons. The number of Topliss-reactive ketones (excluding diaryl/α,β-unsaturated/α-hetero) is 1. The SMILES string of the molecule is COc1cnc(CN2CC(CC(C)C)C(=O)c3c(Cl)nc(N)nc32)cc1OC. The van der Waals surface area contributed by atoms with E-state index in [1.54, 1.807) is 26.5 Å². The van der Waals surface area contributed by atoms with E-state index in [-0.39, 0.29) is 22.8 Å². The number of nitrogens with zero attached hydrogens (tertiary/aromatic N) is 4. The van der Waals surface area contributed by atoms with Crippen molar-refractivity contribution in [1.29, 1.82) is 0 Å². The van der Waals surface area contributed by atoms with Crippen LogP contribution in [-0.4, -0.2) is 41.5 Å². The number of carbonyl (C=O) groups is 1. The number of nitrogens with two attached hydrogens (primary N) is 1. The summed E-state index contributed by atoms with van der Waals surface area (Å²) in [7, 11) is 3.13. The Kier molecular flexibility index (Phi) is 5.88.